The summed E-state index contributed by atoms with van der Waals surface area (Å²) >= 11 is 0. The van der Waals surface area contributed by atoms with Crippen LogP contribution in [-0.2, 0) is 19.7 Å². The number of nitrogens with zero attached hydrogens (tertiary/aromatic N) is 2. The van der Waals surface area contributed by atoms with Crippen molar-refractivity contribution < 1.29 is 28.4 Å². The molecule has 1 aliphatic rings. The second-order valence-corrected chi connectivity index (χ2v) is 7.52. The Morgan fingerprint density at radius 2 is 2.08 bits per heavy atom. The number of aliphatic hydroxyl groups is 1. The molecule has 8 nitrogen and oxygen atoms in total. The highest BCUT2D eigenvalue weighted by Gasteiger charge is 2.53. The van der Waals surface area contributed by atoms with E-state index in [1.54, 1.807) is 45.0 Å². The van der Waals surface area contributed by atoms with Gasteiger partial charge in [-0.05, 0) is 32.9 Å². The number of carbonyl (C=O) groups excluding carboxylic acids is 2. The highest BCUT2D eigenvalue weighted by molar-refractivity contribution is 7.10. The third kappa shape index (κ3) is 3.52. The van der Waals surface area contributed by atoms with Crippen LogP contribution in [-0.4, -0.2) is 45.2 Å². The summed E-state index contributed by atoms with van der Waals surface area (Å²) in [6.07, 6.45) is -0.823. The van der Waals surface area contributed by atoms with E-state index in [0.29, 0.717) is 11.1 Å². The lowest BCUT2D eigenvalue weighted by atomic mass is 10.0. The molecule has 0 spiro atoms. The molecular weight excluding hydrogens is 359 g/mol. The topological polar surface area (TPSA) is 102 Å². The predicted octanol–water partition coefficient (Wildman–Crippen LogP) is 2.36. The summed E-state index contributed by atoms with van der Waals surface area (Å²) < 4.78 is 15.7. The summed E-state index contributed by atoms with van der Waals surface area (Å²) in [6.45, 7) is 4.96. The van der Waals surface area contributed by atoms with Crippen molar-refractivity contribution >= 4 is 32.6 Å². The second kappa shape index (κ2) is 6.52. The first kappa shape index (κ1) is 18.6. The maximum atomic E-state index is 12.5. The molecule has 2 unspecified atom stereocenters. The molecule has 1 aromatic carbocycles. The number of oxazole rings is 1. The van der Waals surface area contributed by atoms with E-state index in [2.05, 4.69) is 4.98 Å². The SMILES string of the molecule is CC(C)(C)OC(=O)N1C[C@](O)(c2nc3ccccc3o2)CC1C(=O)OP. The van der Waals surface area contributed by atoms with Gasteiger partial charge in [-0.1, -0.05) is 12.1 Å². The van der Waals surface area contributed by atoms with Gasteiger partial charge in [-0.25, -0.2) is 14.6 Å². The van der Waals surface area contributed by atoms with Gasteiger partial charge in [0.25, 0.3) is 0 Å². The van der Waals surface area contributed by atoms with E-state index in [-0.39, 0.29) is 18.9 Å². The molecule has 2 heterocycles. The first-order valence-electron chi connectivity index (χ1n) is 8.11. The molecule has 3 rings (SSSR count). The third-order valence-corrected chi connectivity index (χ3v) is 4.28. The fraction of sp³-hybridized carbons (Fsp3) is 0.471. The molecule has 0 bridgehead atoms. The highest BCUT2D eigenvalue weighted by atomic mass is 31.0. The molecule has 0 radical (unpaired) electrons. The smallest absolute Gasteiger partial charge is 0.411 e. The Labute approximate surface area is 152 Å². The van der Waals surface area contributed by atoms with Gasteiger partial charge in [-0.2, -0.15) is 0 Å². The van der Waals surface area contributed by atoms with E-state index in [4.69, 9.17) is 13.7 Å². The van der Waals surface area contributed by atoms with Gasteiger partial charge in [-0.3, -0.25) is 4.90 Å². The highest BCUT2D eigenvalue weighted by Crippen LogP contribution is 2.38. The Kier molecular flexibility index (Phi) is 4.67. The van der Waals surface area contributed by atoms with E-state index in [0.717, 1.165) is 4.90 Å². The van der Waals surface area contributed by atoms with Crippen LogP contribution in [0, 0.1) is 0 Å². The zero-order valence-corrected chi connectivity index (χ0v) is 15.9. The molecule has 1 aliphatic heterocycles. The van der Waals surface area contributed by atoms with Crippen molar-refractivity contribution in [3.05, 3.63) is 30.2 Å². The van der Waals surface area contributed by atoms with Crippen molar-refractivity contribution in [3.63, 3.8) is 0 Å². The van der Waals surface area contributed by atoms with Crippen LogP contribution in [0.2, 0.25) is 0 Å². The standard InChI is InChI=1S/C17H21N2O6P/c1-16(2,3)24-15(21)19-9-17(22,8-11(19)13(20)25-26)14-18-10-6-4-5-7-12(10)23-14/h4-7,11,22H,8-9,26H2,1-3H3/t11?,17-/m0/s1. The number of para-hydroxylation sites is 2. The molecule has 3 atom stereocenters. The van der Waals surface area contributed by atoms with Crippen LogP contribution >= 0.6 is 9.47 Å². The lowest BCUT2D eigenvalue weighted by Gasteiger charge is -2.27. The minimum absolute atomic E-state index is 0.0475. The van der Waals surface area contributed by atoms with Gasteiger partial charge >= 0.3 is 12.1 Å². The van der Waals surface area contributed by atoms with Gasteiger partial charge < -0.3 is 18.8 Å². The van der Waals surface area contributed by atoms with Crippen LogP contribution in [0.4, 0.5) is 4.79 Å². The van der Waals surface area contributed by atoms with Crippen LogP contribution in [0.25, 0.3) is 11.1 Å². The van der Waals surface area contributed by atoms with Crippen LogP contribution in [0.15, 0.2) is 28.7 Å². The number of rotatable bonds is 2. The minimum atomic E-state index is -1.63. The first-order chi connectivity index (χ1) is 12.1. The van der Waals surface area contributed by atoms with Crippen molar-refractivity contribution in [1.82, 2.24) is 9.88 Å². The molecule has 0 aliphatic carbocycles. The lowest BCUT2D eigenvalue weighted by Crippen LogP contribution is -2.44. The number of aromatic nitrogens is 1. The molecule has 1 aromatic heterocycles. The molecule has 1 fully saturated rings. The molecule has 1 saturated heterocycles. The summed E-state index contributed by atoms with van der Waals surface area (Å²) in [4.78, 5) is 30.1. The van der Waals surface area contributed by atoms with Crippen LogP contribution in [0.1, 0.15) is 33.1 Å². The van der Waals surface area contributed by atoms with Crippen molar-refractivity contribution in [2.45, 2.75) is 44.4 Å². The van der Waals surface area contributed by atoms with Crippen molar-refractivity contribution in [1.29, 1.82) is 0 Å². The summed E-state index contributed by atoms with van der Waals surface area (Å²) in [5.74, 6) is -0.626. The van der Waals surface area contributed by atoms with E-state index in [9.17, 15) is 14.7 Å². The molecule has 0 saturated carbocycles. The Hall–Kier alpha value is -2.18. The number of carbonyl (C=O) groups is 2. The van der Waals surface area contributed by atoms with Crippen LogP contribution in [0.3, 0.4) is 0 Å². The number of ether oxygens (including phenoxy) is 1. The monoisotopic (exact) mass is 380 g/mol. The molecule has 140 valence electrons. The largest absolute Gasteiger partial charge is 0.450 e. The Bertz CT molecular complexity index is 812. The summed E-state index contributed by atoms with van der Waals surface area (Å²) in [6, 6.07) is 6.05. The Balaban J connectivity index is 1.93. The molecular formula is C17H21N2O6P. The zero-order valence-electron chi connectivity index (χ0n) is 14.8. The fourth-order valence-corrected chi connectivity index (χ4v) is 3.07. The van der Waals surface area contributed by atoms with Crippen molar-refractivity contribution in [3.8, 4) is 0 Å². The van der Waals surface area contributed by atoms with E-state index < -0.39 is 29.3 Å². The molecule has 2 aromatic rings. The van der Waals surface area contributed by atoms with Crippen LogP contribution < -0.4 is 0 Å². The van der Waals surface area contributed by atoms with Crippen LogP contribution in [0.5, 0.6) is 0 Å². The second-order valence-electron chi connectivity index (χ2n) is 7.28. The normalized spacial score (nSPS) is 23.3. The van der Waals surface area contributed by atoms with Crippen molar-refractivity contribution in [2.24, 2.45) is 0 Å². The van der Waals surface area contributed by atoms with E-state index in [1.165, 1.54) is 0 Å². The zero-order chi connectivity index (χ0) is 19.1. The summed E-state index contributed by atoms with van der Waals surface area (Å²) in [5.41, 5.74) is -1.28. The number of benzene rings is 1. The van der Waals surface area contributed by atoms with Gasteiger partial charge in [0.05, 0.1) is 16.0 Å². The summed E-state index contributed by atoms with van der Waals surface area (Å²) in [7, 11) is 1.85. The molecule has 1 amide bonds. The molecule has 26 heavy (non-hydrogen) atoms. The average Bonchev–Trinajstić information content (AvgIpc) is 3.15. The molecule has 1 N–H and O–H groups in total. The van der Waals surface area contributed by atoms with Gasteiger partial charge in [0, 0.05) is 6.42 Å². The lowest BCUT2D eigenvalue weighted by molar-refractivity contribution is -0.138. The van der Waals surface area contributed by atoms with E-state index in [1.807, 2.05) is 9.47 Å². The van der Waals surface area contributed by atoms with Gasteiger partial charge in [0.2, 0.25) is 5.89 Å². The van der Waals surface area contributed by atoms with Gasteiger partial charge in [0.1, 0.15) is 17.2 Å². The van der Waals surface area contributed by atoms with Gasteiger partial charge in [-0.15, -0.1) is 0 Å². The van der Waals surface area contributed by atoms with Crippen molar-refractivity contribution in [2.75, 3.05) is 6.54 Å². The number of amides is 1. The number of hydrogen-bond acceptors (Lipinski definition) is 7. The van der Waals surface area contributed by atoms with Gasteiger partial charge in [0.15, 0.2) is 11.2 Å². The maximum Gasteiger partial charge on any atom is 0.411 e. The molecule has 9 heteroatoms. The fourth-order valence-electron chi connectivity index (χ4n) is 2.91. The number of likely N-dealkylation sites (tertiary alicyclic amines) is 1. The van der Waals surface area contributed by atoms with E-state index >= 15 is 0 Å². The number of β-amino-alcohol motifs (C(OH)–C–C–N with tert-alkyl or cyclic N) is 1. The maximum absolute atomic E-state index is 12.5. The Morgan fingerprint density at radius 3 is 2.69 bits per heavy atom. The minimum Gasteiger partial charge on any atom is -0.450 e. The number of fused-ring (bicyclic) bond motifs is 1. The predicted molar refractivity (Wildman–Crippen MR) is 95.1 cm³/mol. The average molecular weight is 380 g/mol. The third-order valence-electron chi connectivity index (χ3n) is 4.05. The summed E-state index contributed by atoms with van der Waals surface area (Å²) in [5, 5.41) is 11.1. The number of hydrogen-bond donors (Lipinski definition) is 1. The quantitative estimate of drug-likeness (QED) is 0.798. The Morgan fingerprint density at radius 1 is 1.38 bits per heavy atom. The first-order valence-corrected chi connectivity index (χ1v) is 8.59.